The van der Waals surface area contributed by atoms with Crippen molar-refractivity contribution in [3.8, 4) is 5.75 Å². The van der Waals surface area contributed by atoms with E-state index in [1.165, 1.54) is 19.2 Å². The summed E-state index contributed by atoms with van der Waals surface area (Å²) in [5.74, 6) is -0.275. The fourth-order valence-electron chi connectivity index (χ4n) is 1.88. The smallest absolute Gasteiger partial charge is 0.246 e. The lowest BCUT2D eigenvalue weighted by Crippen LogP contribution is -2.32. The third kappa shape index (κ3) is 3.89. The highest BCUT2D eigenvalue weighted by molar-refractivity contribution is 6.32. The number of halogens is 2. The number of benzene rings is 2. The molecule has 0 aromatic heterocycles. The molecular weight excluding hydrogens is 307 g/mol. The lowest BCUT2D eigenvalue weighted by molar-refractivity contribution is -0.116. The van der Waals surface area contributed by atoms with E-state index in [4.69, 9.17) is 16.3 Å². The zero-order valence-electron chi connectivity index (χ0n) is 12.2. The van der Waals surface area contributed by atoms with Gasteiger partial charge in [0.15, 0.2) is 0 Å². The summed E-state index contributed by atoms with van der Waals surface area (Å²) < 4.78 is 18.6. The van der Waals surface area contributed by atoms with Crippen LogP contribution in [0.1, 0.15) is 6.92 Å². The predicted octanol–water partition coefficient (Wildman–Crippen LogP) is 3.93. The van der Waals surface area contributed by atoms with Gasteiger partial charge in [0.25, 0.3) is 0 Å². The molecule has 0 saturated carbocycles. The van der Waals surface area contributed by atoms with E-state index >= 15 is 0 Å². The van der Waals surface area contributed by atoms with Crippen LogP contribution in [0.3, 0.4) is 0 Å². The molecule has 1 amide bonds. The molecule has 0 fully saturated rings. The molecule has 2 rings (SSSR count). The van der Waals surface area contributed by atoms with Crippen molar-refractivity contribution in [2.24, 2.45) is 0 Å². The average molecular weight is 323 g/mol. The van der Waals surface area contributed by atoms with E-state index in [1.807, 2.05) is 0 Å². The van der Waals surface area contributed by atoms with Crippen molar-refractivity contribution in [1.29, 1.82) is 0 Å². The highest BCUT2D eigenvalue weighted by atomic mass is 35.5. The first-order valence-corrected chi connectivity index (χ1v) is 7.04. The molecule has 1 atom stereocenters. The maximum atomic E-state index is 13.5. The SMILES string of the molecule is COc1ccc(NC(C)C(=O)Nc2ccccc2F)cc1Cl. The van der Waals surface area contributed by atoms with Crippen LogP contribution in [-0.2, 0) is 4.79 Å². The van der Waals surface area contributed by atoms with E-state index < -0.39 is 11.9 Å². The first kappa shape index (κ1) is 16.1. The topological polar surface area (TPSA) is 50.4 Å². The van der Waals surface area contributed by atoms with E-state index in [1.54, 1.807) is 37.3 Å². The zero-order valence-corrected chi connectivity index (χ0v) is 12.9. The van der Waals surface area contributed by atoms with Crippen LogP contribution in [0.2, 0.25) is 5.02 Å². The Morgan fingerprint density at radius 1 is 1.27 bits per heavy atom. The predicted molar refractivity (Wildman–Crippen MR) is 86.1 cm³/mol. The molecule has 0 aliphatic carbocycles. The molecule has 2 N–H and O–H groups in total. The van der Waals surface area contributed by atoms with Gasteiger partial charge in [0.1, 0.15) is 17.6 Å². The molecule has 0 saturated heterocycles. The van der Waals surface area contributed by atoms with Gasteiger partial charge in [0.2, 0.25) is 5.91 Å². The largest absolute Gasteiger partial charge is 0.495 e. The number of amides is 1. The van der Waals surface area contributed by atoms with E-state index in [9.17, 15) is 9.18 Å². The molecule has 0 bridgehead atoms. The number of nitrogens with one attached hydrogen (secondary N) is 2. The van der Waals surface area contributed by atoms with Gasteiger partial charge < -0.3 is 15.4 Å². The summed E-state index contributed by atoms with van der Waals surface area (Å²) in [6.45, 7) is 1.67. The first-order chi connectivity index (χ1) is 10.5. The van der Waals surface area contributed by atoms with Crippen molar-refractivity contribution in [3.05, 3.63) is 53.3 Å². The van der Waals surface area contributed by atoms with E-state index in [0.717, 1.165) is 0 Å². The molecule has 0 aliphatic heterocycles. The number of para-hydroxylation sites is 1. The normalized spacial score (nSPS) is 11.6. The fourth-order valence-corrected chi connectivity index (χ4v) is 2.13. The van der Waals surface area contributed by atoms with Gasteiger partial charge in [-0.25, -0.2) is 4.39 Å². The molecular formula is C16H16ClFN2O2. The Kier molecular flexibility index (Phi) is 5.22. The van der Waals surface area contributed by atoms with Crippen LogP contribution in [-0.4, -0.2) is 19.1 Å². The van der Waals surface area contributed by atoms with Crippen LogP contribution >= 0.6 is 11.6 Å². The van der Waals surface area contributed by atoms with Crippen molar-refractivity contribution in [3.63, 3.8) is 0 Å². The summed E-state index contributed by atoms with van der Waals surface area (Å²) in [6.07, 6.45) is 0. The minimum absolute atomic E-state index is 0.147. The monoisotopic (exact) mass is 322 g/mol. The van der Waals surface area contributed by atoms with Crippen molar-refractivity contribution in [2.75, 3.05) is 17.7 Å². The molecule has 0 radical (unpaired) electrons. The van der Waals surface area contributed by atoms with Gasteiger partial charge in [-0.05, 0) is 37.3 Å². The molecule has 0 heterocycles. The Labute approximate surface area is 133 Å². The van der Waals surface area contributed by atoms with Gasteiger partial charge in [-0.3, -0.25) is 4.79 Å². The van der Waals surface area contributed by atoms with Crippen molar-refractivity contribution < 1.29 is 13.9 Å². The molecule has 22 heavy (non-hydrogen) atoms. The number of ether oxygens (including phenoxy) is 1. The molecule has 2 aromatic carbocycles. The Morgan fingerprint density at radius 3 is 2.64 bits per heavy atom. The minimum atomic E-state index is -0.566. The lowest BCUT2D eigenvalue weighted by atomic mass is 10.2. The average Bonchev–Trinajstić information content (AvgIpc) is 2.49. The number of anilines is 2. The third-order valence-corrected chi connectivity index (χ3v) is 3.36. The van der Waals surface area contributed by atoms with Gasteiger partial charge in [-0.2, -0.15) is 0 Å². The second-order valence-electron chi connectivity index (χ2n) is 4.68. The van der Waals surface area contributed by atoms with Gasteiger partial charge in [-0.1, -0.05) is 23.7 Å². The highest BCUT2D eigenvalue weighted by Gasteiger charge is 2.15. The number of hydrogen-bond acceptors (Lipinski definition) is 3. The van der Waals surface area contributed by atoms with Crippen LogP contribution < -0.4 is 15.4 Å². The van der Waals surface area contributed by atoms with Gasteiger partial charge in [0, 0.05) is 5.69 Å². The molecule has 4 nitrogen and oxygen atoms in total. The number of rotatable bonds is 5. The van der Waals surface area contributed by atoms with Crippen LogP contribution in [0.15, 0.2) is 42.5 Å². The highest BCUT2D eigenvalue weighted by Crippen LogP contribution is 2.27. The number of carbonyl (C=O) groups is 1. The molecule has 1 unspecified atom stereocenters. The fraction of sp³-hybridized carbons (Fsp3) is 0.188. The molecule has 116 valence electrons. The number of hydrogen-bond donors (Lipinski definition) is 2. The quantitative estimate of drug-likeness (QED) is 0.877. The summed E-state index contributed by atoms with van der Waals surface area (Å²) in [4.78, 5) is 12.1. The second kappa shape index (κ2) is 7.13. The van der Waals surface area contributed by atoms with Crippen molar-refractivity contribution in [1.82, 2.24) is 0 Å². The lowest BCUT2D eigenvalue weighted by Gasteiger charge is -2.16. The molecule has 0 aliphatic rings. The standard InChI is InChI=1S/C16H16ClFN2O2/c1-10(16(21)20-14-6-4-3-5-13(14)18)19-11-7-8-15(22-2)12(17)9-11/h3-10,19H,1-2H3,(H,20,21). The maximum Gasteiger partial charge on any atom is 0.246 e. The summed E-state index contributed by atoms with van der Waals surface area (Å²) in [5, 5.41) is 5.97. The Bertz CT molecular complexity index is 679. The second-order valence-corrected chi connectivity index (χ2v) is 5.09. The van der Waals surface area contributed by atoms with E-state index in [0.29, 0.717) is 16.5 Å². The Balaban J connectivity index is 2.02. The third-order valence-electron chi connectivity index (χ3n) is 3.06. The van der Waals surface area contributed by atoms with E-state index in [-0.39, 0.29) is 11.6 Å². The van der Waals surface area contributed by atoms with Crippen LogP contribution in [0.4, 0.5) is 15.8 Å². The van der Waals surface area contributed by atoms with Crippen LogP contribution in [0, 0.1) is 5.82 Å². The molecule has 2 aromatic rings. The van der Waals surface area contributed by atoms with Crippen molar-refractivity contribution in [2.45, 2.75) is 13.0 Å². The minimum Gasteiger partial charge on any atom is -0.495 e. The Hall–Kier alpha value is -2.27. The Morgan fingerprint density at radius 2 is 2.00 bits per heavy atom. The summed E-state index contributed by atoms with van der Waals surface area (Å²) in [6, 6.07) is 10.5. The van der Waals surface area contributed by atoms with Crippen LogP contribution in [0.5, 0.6) is 5.75 Å². The summed E-state index contributed by atoms with van der Waals surface area (Å²) in [5.41, 5.74) is 0.816. The summed E-state index contributed by atoms with van der Waals surface area (Å²) >= 11 is 6.03. The molecule has 0 spiro atoms. The number of carbonyl (C=O) groups excluding carboxylic acids is 1. The van der Waals surface area contributed by atoms with Gasteiger partial charge in [-0.15, -0.1) is 0 Å². The number of methoxy groups -OCH3 is 1. The van der Waals surface area contributed by atoms with Gasteiger partial charge in [0.05, 0.1) is 17.8 Å². The zero-order chi connectivity index (χ0) is 16.1. The summed E-state index contributed by atoms with van der Waals surface area (Å²) in [7, 11) is 1.53. The maximum absolute atomic E-state index is 13.5. The van der Waals surface area contributed by atoms with Crippen molar-refractivity contribution >= 4 is 28.9 Å². The molecule has 6 heteroatoms. The van der Waals surface area contributed by atoms with Gasteiger partial charge >= 0.3 is 0 Å². The first-order valence-electron chi connectivity index (χ1n) is 6.66. The van der Waals surface area contributed by atoms with E-state index in [2.05, 4.69) is 10.6 Å². The van der Waals surface area contributed by atoms with Crippen LogP contribution in [0.25, 0.3) is 0 Å².